The molecule has 43 nitrogen and oxygen atoms in total. The van der Waals surface area contributed by atoms with E-state index in [-0.39, 0.29) is 222 Å². The number of azide groups is 1. The fourth-order valence-corrected chi connectivity index (χ4v) is 19.2. The van der Waals surface area contributed by atoms with Gasteiger partial charge in [0.2, 0.25) is 65.0 Å². The molecule has 7 rings (SSSR count). The molecule has 5 fully saturated rings. The third kappa shape index (κ3) is 37.9. The third-order valence-electron chi connectivity index (χ3n) is 24.0. The molecule has 1 aromatic carbocycles. The summed E-state index contributed by atoms with van der Waals surface area (Å²) in [5, 5.41) is 36.4. The Morgan fingerprint density at radius 2 is 1.43 bits per heavy atom. The summed E-state index contributed by atoms with van der Waals surface area (Å²) in [6, 6.07) is -2.79. The van der Waals surface area contributed by atoms with Gasteiger partial charge in [0.15, 0.2) is 29.3 Å². The number of aliphatic carboxylic acids is 1. The highest BCUT2D eigenvalue weighted by atomic mass is 33.1. The second-order valence-electron chi connectivity index (χ2n) is 34.8. The third-order valence-corrected chi connectivity index (χ3v) is 26.5. The first-order valence-electron chi connectivity index (χ1n) is 46.1. The summed E-state index contributed by atoms with van der Waals surface area (Å²) in [6.07, 6.45) is 6.28. The van der Waals surface area contributed by atoms with Gasteiger partial charge in [0.1, 0.15) is 49.2 Å². The summed E-state index contributed by atoms with van der Waals surface area (Å²) >= 11 is 0. The van der Waals surface area contributed by atoms with E-state index in [1.165, 1.54) is 29.4 Å². The number of fused-ring (bicyclic) bond motifs is 1. The lowest BCUT2D eigenvalue weighted by Gasteiger charge is -2.40. The van der Waals surface area contributed by atoms with E-state index in [0.717, 1.165) is 21.6 Å². The molecule has 13 atom stereocenters. The standard InChI is InChI=1S/C88H135N23O20S2/c1-5-6-21-56-42-73(115)69-25-17-34-110(69)76(118)46-98-82(124)64(22-12-14-30-95-74(116)48-108-36-37-109(47-61(108)49-131-77(119)50-130-4)75(117)27-11-8-13-33-100-107-93)102-81(123)59(40-60-45-94-53-99-60)44-72(114)67(51-132-133-52-68(106-78(56)120)83(125)104-66(86(128)129)39-55-19-9-7-10-20-55)105-80(122)58(38-54(2)3)43-71(113)63(23-15-31-96-87(89)90)101-84(126)70-26-18-35-111(70)85(127)65(24-16-32-97-88(91)92)103-79(121)57-28-29-62(112)41-57/h7,9-10,19-20,45,53-54,56-59,61,63-70H,5-6,8,11-18,21-44,46-52H2,1-4H3,(H,94,99)(H,95,116)(H,98,124)(H,101,126)(H,102,123)(H,103,121)(H,104,125)(H,105,122)(H,106,120)(H,128,129)(H4,89,90,96)(H4,91,92,97)/t56-,57-,58-,59-,61?,63+,64+,65+,66+,67+,68+,69+,70+/m1/s1. The second-order valence-corrected chi connectivity index (χ2v) is 37.4. The summed E-state index contributed by atoms with van der Waals surface area (Å²) < 4.78 is 10.4. The predicted molar refractivity (Wildman–Crippen MR) is 494 cm³/mol. The van der Waals surface area contributed by atoms with Crippen LogP contribution in [0.5, 0.6) is 0 Å². The number of ether oxygens (including phenoxy) is 2. The molecule has 1 aromatic heterocycles. The lowest BCUT2D eigenvalue weighted by Crippen LogP contribution is -2.58. The minimum atomic E-state index is -1.56. The molecule has 0 bridgehead atoms. The van der Waals surface area contributed by atoms with Crippen molar-refractivity contribution in [3.63, 3.8) is 0 Å². The fourth-order valence-electron chi connectivity index (χ4n) is 16.9. The number of guanidine groups is 2. The first-order valence-corrected chi connectivity index (χ1v) is 48.6. The summed E-state index contributed by atoms with van der Waals surface area (Å²) in [5.74, 6) is -16.9. The monoisotopic (exact) mass is 1900 g/mol. The number of aliphatic imine (C=N–C) groups is 2. The van der Waals surface area contributed by atoms with Crippen LogP contribution in [-0.2, 0) is 104 Å². The molecule has 5 aliphatic rings. The Morgan fingerprint density at radius 1 is 0.729 bits per heavy atom. The number of carboxylic acid groups (broad SMARTS) is 1. The molecule has 45 heteroatoms. The van der Waals surface area contributed by atoms with Crippen LogP contribution in [-0.4, -0.2) is 305 Å². The molecule has 1 saturated carbocycles. The van der Waals surface area contributed by atoms with Crippen molar-refractivity contribution in [3.05, 3.63) is 64.6 Å². The molecule has 1 unspecified atom stereocenters. The minimum Gasteiger partial charge on any atom is -0.480 e. The van der Waals surface area contributed by atoms with Crippen molar-refractivity contribution in [1.29, 1.82) is 0 Å². The maximum atomic E-state index is 15.7. The summed E-state index contributed by atoms with van der Waals surface area (Å²) in [6.45, 7) is 5.52. The number of carboxylic acids is 1. The number of hydrogen-bond acceptors (Lipinski definition) is 26. The lowest BCUT2D eigenvalue weighted by molar-refractivity contribution is -0.151. The number of imidazole rings is 1. The molecule has 4 aliphatic heterocycles. The number of carbonyl (C=O) groups is 17. The number of Topliss-reactive ketones (excluding diaryl/α,β-unsaturated/α-hetero) is 4. The summed E-state index contributed by atoms with van der Waals surface area (Å²) in [5.41, 5.74) is 32.1. The number of likely N-dealkylation sites (tertiary alicyclic amines) is 1. The van der Waals surface area contributed by atoms with Crippen molar-refractivity contribution in [1.82, 2.24) is 72.1 Å². The van der Waals surface area contributed by atoms with Gasteiger partial charge in [-0.05, 0) is 120 Å². The van der Waals surface area contributed by atoms with Gasteiger partial charge in [0, 0.05) is 163 Å². The Labute approximate surface area is 782 Å². The molecule has 734 valence electrons. The summed E-state index contributed by atoms with van der Waals surface area (Å²) in [7, 11) is 3.25. The number of aromatic nitrogens is 2. The van der Waals surface area contributed by atoms with Crippen molar-refractivity contribution in [3.8, 4) is 0 Å². The van der Waals surface area contributed by atoms with E-state index in [9.17, 15) is 67.4 Å². The first-order chi connectivity index (χ1) is 63.7. The Kier molecular flexibility index (Phi) is 47.4. The van der Waals surface area contributed by atoms with Crippen LogP contribution < -0.4 is 65.5 Å². The van der Waals surface area contributed by atoms with Gasteiger partial charge in [0.05, 0.1) is 49.5 Å². The normalized spacial score (nSPS) is 21.8. The van der Waals surface area contributed by atoms with Gasteiger partial charge < -0.3 is 99.7 Å². The van der Waals surface area contributed by atoms with Crippen molar-refractivity contribution in [2.75, 3.05) is 104 Å². The molecule has 2 aromatic rings. The maximum Gasteiger partial charge on any atom is 0.332 e. The van der Waals surface area contributed by atoms with Gasteiger partial charge in [-0.2, -0.15) is 0 Å². The number of piperazine rings is 1. The Balaban J connectivity index is 1.20. The van der Waals surface area contributed by atoms with Gasteiger partial charge in [-0.3, -0.25) is 86.8 Å². The fraction of sp³-hybridized carbons (Fsp3) is 0.682. The molecule has 18 N–H and O–H groups in total. The van der Waals surface area contributed by atoms with Crippen LogP contribution in [0.4, 0.5) is 0 Å². The average molecular weight is 1900 g/mol. The predicted octanol–water partition coefficient (Wildman–Crippen LogP) is 0.980. The van der Waals surface area contributed by atoms with Crippen molar-refractivity contribution >= 4 is 134 Å². The topological polar surface area (TPSA) is 644 Å². The Bertz CT molecular complexity index is 4360. The highest BCUT2D eigenvalue weighted by Gasteiger charge is 2.44. The maximum absolute atomic E-state index is 15.7. The number of H-pyrrole nitrogens is 1. The second kappa shape index (κ2) is 58.0. The molecule has 0 spiro atoms. The Morgan fingerprint density at radius 3 is 2.11 bits per heavy atom. The largest absolute Gasteiger partial charge is 0.480 e. The van der Waals surface area contributed by atoms with E-state index >= 15 is 19.2 Å². The zero-order valence-electron chi connectivity index (χ0n) is 76.6. The molecule has 0 radical (unpaired) electrons. The van der Waals surface area contributed by atoms with Crippen LogP contribution in [0.25, 0.3) is 10.4 Å². The number of nitrogens with two attached hydrogens (primary N) is 4. The number of nitrogens with one attached hydrogen (secondary N) is 9. The number of rotatable bonds is 47. The van der Waals surface area contributed by atoms with Gasteiger partial charge in [-0.1, -0.05) is 97.1 Å². The zero-order valence-corrected chi connectivity index (χ0v) is 78.3. The molecule has 133 heavy (non-hydrogen) atoms. The van der Waals surface area contributed by atoms with Gasteiger partial charge >= 0.3 is 11.9 Å². The number of esters is 1. The van der Waals surface area contributed by atoms with E-state index < -0.39 is 186 Å². The van der Waals surface area contributed by atoms with Crippen LogP contribution in [0.2, 0.25) is 0 Å². The van der Waals surface area contributed by atoms with Crippen molar-refractivity contribution < 1.29 is 96.1 Å². The highest BCUT2D eigenvalue weighted by molar-refractivity contribution is 8.76. The van der Waals surface area contributed by atoms with Gasteiger partial charge in [0.25, 0.3) is 0 Å². The van der Waals surface area contributed by atoms with Crippen molar-refractivity contribution in [2.45, 2.75) is 249 Å². The number of amides is 11. The molecule has 4 saturated heterocycles. The SMILES string of the molecule is CCCC[C@@H]1CC(=O)[C@@H]2CCCN2C(=O)CNC(=O)[C@H](CCCCNC(=O)CN2CCN(C(=O)CCCCCN=[N+]=[N-])CC2COC(=O)COC)NC(=O)[C@H](Cc2cnc[nH]2)CC(=O)[C@@H](NC(=O)[C@@H](CC(=O)[C@H](CCCN=C(N)N)NC(=O)[C@@H]2CCCN2C(=O)[C@H](CCCN=C(N)N)NC(=O)[C@@H]2CCC(=O)C2)CC(C)C)CSSC[C@@H](C(=O)N[C@@H](Cc2ccccc2)C(=O)O)NC1=O. The van der Waals surface area contributed by atoms with E-state index in [2.05, 4.69) is 72.5 Å². The lowest BCUT2D eigenvalue weighted by atomic mass is 9.88. The average Bonchev–Trinajstić information content (AvgIpc) is 1.68. The number of carbonyl (C=O) groups excluding carboxylic acids is 16. The molecular formula is C88H135N23O20S2. The summed E-state index contributed by atoms with van der Waals surface area (Å²) in [4.78, 5) is 268. The quantitative estimate of drug-likeness (QED) is 0.00642. The van der Waals surface area contributed by atoms with Crippen LogP contribution in [0.3, 0.4) is 0 Å². The zero-order chi connectivity index (χ0) is 96.9. The highest BCUT2D eigenvalue weighted by Crippen LogP contribution is 2.31. The Hall–Kier alpha value is -11.3. The minimum absolute atomic E-state index is 0.00447. The van der Waals surface area contributed by atoms with E-state index in [1.807, 2.05) is 6.92 Å². The molecule has 5 heterocycles. The number of hydrogen-bond donors (Lipinski definition) is 14. The van der Waals surface area contributed by atoms with Crippen LogP contribution in [0.15, 0.2) is 58.0 Å². The van der Waals surface area contributed by atoms with Crippen LogP contribution in [0.1, 0.15) is 193 Å². The smallest absolute Gasteiger partial charge is 0.332 e. The molecule has 1 aliphatic carbocycles. The first kappa shape index (κ1) is 109. The number of nitrogens with zero attached hydrogens (tertiary/aromatic N) is 10. The van der Waals surface area contributed by atoms with E-state index in [4.69, 9.17) is 37.9 Å². The number of aromatic amines is 1. The van der Waals surface area contributed by atoms with Gasteiger partial charge in [-0.25, -0.2) is 14.6 Å². The van der Waals surface area contributed by atoms with E-state index in [0.29, 0.717) is 69.2 Å². The number of unbranched alkanes of at least 4 members (excludes halogenated alkanes) is 4. The van der Waals surface area contributed by atoms with Crippen LogP contribution in [0, 0.1) is 29.6 Å². The molecular weight excluding hydrogens is 1760 g/mol. The van der Waals surface area contributed by atoms with Crippen LogP contribution >= 0.6 is 21.6 Å². The molecule has 11 amide bonds. The number of benzene rings is 1. The van der Waals surface area contributed by atoms with Gasteiger partial charge in [-0.15, -0.1) is 0 Å². The van der Waals surface area contributed by atoms with Crippen molar-refractivity contribution in [2.24, 2.45) is 67.6 Å². The number of methoxy groups -OCH3 is 1. The number of ketones is 4. The van der Waals surface area contributed by atoms with E-state index in [1.54, 1.807) is 54.0 Å².